The maximum Gasteiger partial charge on any atom is 0.264 e. The SMILES string of the molecule is COc1ccc(N2C(=O)C3CN=NC3(C)C2=O)cc1. The van der Waals surface area contributed by atoms with Crippen molar-refractivity contribution in [3.05, 3.63) is 24.3 Å². The van der Waals surface area contributed by atoms with Crippen LogP contribution in [0.3, 0.4) is 0 Å². The Bertz CT molecular complexity index is 581. The number of fused-ring (bicyclic) bond motifs is 1. The molecule has 2 unspecified atom stereocenters. The molecule has 1 saturated heterocycles. The predicted octanol–water partition coefficient (Wildman–Crippen LogP) is 1.41. The number of carbonyl (C=O) groups excluding carboxylic acids is 2. The number of rotatable bonds is 2. The number of ether oxygens (including phenoxy) is 1. The van der Waals surface area contributed by atoms with Crippen LogP contribution in [0.4, 0.5) is 5.69 Å². The van der Waals surface area contributed by atoms with Gasteiger partial charge in [0.2, 0.25) is 5.91 Å². The number of nitrogens with zero attached hydrogens (tertiary/aromatic N) is 3. The van der Waals surface area contributed by atoms with Crippen LogP contribution in [-0.4, -0.2) is 31.0 Å². The minimum absolute atomic E-state index is 0.234. The molecule has 2 atom stereocenters. The van der Waals surface area contributed by atoms with Crippen molar-refractivity contribution in [2.75, 3.05) is 18.6 Å². The Morgan fingerprint density at radius 3 is 2.58 bits per heavy atom. The molecule has 2 heterocycles. The minimum Gasteiger partial charge on any atom is -0.497 e. The number of amides is 2. The van der Waals surface area contributed by atoms with E-state index in [0.29, 0.717) is 11.4 Å². The summed E-state index contributed by atoms with van der Waals surface area (Å²) < 4.78 is 5.06. The fourth-order valence-corrected chi connectivity index (χ4v) is 2.49. The zero-order chi connectivity index (χ0) is 13.6. The van der Waals surface area contributed by atoms with Crippen LogP contribution in [0.1, 0.15) is 6.92 Å². The fourth-order valence-electron chi connectivity index (χ4n) is 2.49. The maximum absolute atomic E-state index is 12.4. The largest absolute Gasteiger partial charge is 0.497 e. The molecule has 0 bridgehead atoms. The molecule has 2 amide bonds. The molecule has 98 valence electrons. The van der Waals surface area contributed by atoms with Gasteiger partial charge in [-0.15, -0.1) is 0 Å². The van der Waals surface area contributed by atoms with Crippen LogP contribution in [0.2, 0.25) is 0 Å². The van der Waals surface area contributed by atoms with Crippen LogP contribution in [0, 0.1) is 5.92 Å². The Balaban J connectivity index is 1.99. The molecule has 2 aliphatic heterocycles. The van der Waals surface area contributed by atoms with Crippen molar-refractivity contribution >= 4 is 17.5 Å². The molecule has 0 spiro atoms. The second-order valence-electron chi connectivity index (χ2n) is 4.80. The smallest absolute Gasteiger partial charge is 0.264 e. The van der Waals surface area contributed by atoms with Crippen molar-refractivity contribution in [1.29, 1.82) is 0 Å². The molecular weight excluding hydrogens is 246 g/mol. The van der Waals surface area contributed by atoms with Crippen molar-refractivity contribution < 1.29 is 14.3 Å². The van der Waals surface area contributed by atoms with Gasteiger partial charge in [0, 0.05) is 0 Å². The zero-order valence-electron chi connectivity index (χ0n) is 10.7. The molecule has 1 aromatic carbocycles. The summed E-state index contributed by atoms with van der Waals surface area (Å²) in [6.07, 6.45) is 0. The lowest BCUT2D eigenvalue weighted by atomic mass is 9.90. The highest BCUT2D eigenvalue weighted by Crippen LogP contribution is 2.40. The number of imide groups is 1. The van der Waals surface area contributed by atoms with Crippen molar-refractivity contribution in [2.24, 2.45) is 16.1 Å². The highest BCUT2D eigenvalue weighted by molar-refractivity contribution is 6.25. The van der Waals surface area contributed by atoms with Gasteiger partial charge in [0.05, 0.1) is 25.3 Å². The first-order valence-corrected chi connectivity index (χ1v) is 5.99. The summed E-state index contributed by atoms with van der Waals surface area (Å²) in [5.74, 6) is -0.340. The van der Waals surface area contributed by atoms with Gasteiger partial charge in [0.1, 0.15) is 5.75 Å². The summed E-state index contributed by atoms with van der Waals surface area (Å²) >= 11 is 0. The van der Waals surface area contributed by atoms with E-state index in [1.165, 1.54) is 4.90 Å². The van der Waals surface area contributed by atoms with Gasteiger partial charge >= 0.3 is 0 Å². The van der Waals surface area contributed by atoms with Crippen LogP contribution >= 0.6 is 0 Å². The fraction of sp³-hybridized carbons (Fsp3) is 0.385. The number of methoxy groups -OCH3 is 1. The maximum atomic E-state index is 12.4. The van der Waals surface area contributed by atoms with Gasteiger partial charge in [-0.1, -0.05) is 0 Å². The average Bonchev–Trinajstić information content (AvgIpc) is 2.89. The van der Waals surface area contributed by atoms with Gasteiger partial charge in [-0.05, 0) is 31.2 Å². The topological polar surface area (TPSA) is 71.3 Å². The number of hydrogen-bond donors (Lipinski definition) is 0. The van der Waals surface area contributed by atoms with E-state index in [-0.39, 0.29) is 18.4 Å². The van der Waals surface area contributed by atoms with Crippen LogP contribution in [0.5, 0.6) is 5.75 Å². The molecule has 0 radical (unpaired) electrons. The monoisotopic (exact) mass is 259 g/mol. The highest BCUT2D eigenvalue weighted by atomic mass is 16.5. The number of carbonyl (C=O) groups is 2. The summed E-state index contributed by atoms with van der Waals surface area (Å²) in [7, 11) is 1.56. The van der Waals surface area contributed by atoms with Crippen molar-refractivity contribution in [1.82, 2.24) is 0 Å². The van der Waals surface area contributed by atoms with E-state index >= 15 is 0 Å². The van der Waals surface area contributed by atoms with Crippen LogP contribution < -0.4 is 9.64 Å². The molecule has 1 fully saturated rings. The molecule has 0 N–H and O–H groups in total. The number of hydrogen-bond acceptors (Lipinski definition) is 5. The Labute approximate surface area is 110 Å². The lowest BCUT2D eigenvalue weighted by Crippen LogP contribution is -2.37. The van der Waals surface area contributed by atoms with E-state index < -0.39 is 11.5 Å². The molecule has 6 heteroatoms. The lowest BCUT2D eigenvalue weighted by molar-refractivity contribution is -0.122. The summed E-state index contributed by atoms with van der Waals surface area (Å²) in [4.78, 5) is 25.9. The summed E-state index contributed by atoms with van der Waals surface area (Å²) in [5, 5.41) is 7.79. The third-order valence-electron chi connectivity index (χ3n) is 3.71. The second-order valence-corrected chi connectivity index (χ2v) is 4.80. The number of anilines is 1. The van der Waals surface area contributed by atoms with E-state index in [0.717, 1.165) is 0 Å². The van der Waals surface area contributed by atoms with E-state index in [4.69, 9.17) is 4.74 Å². The Kier molecular flexibility index (Phi) is 2.41. The van der Waals surface area contributed by atoms with Crippen LogP contribution in [0.15, 0.2) is 34.5 Å². The van der Waals surface area contributed by atoms with E-state index in [9.17, 15) is 9.59 Å². The van der Waals surface area contributed by atoms with Gasteiger partial charge in [0.25, 0.3) is 5.91 Å². The molecular formula is C13H13N3O3. The summed E-state index contributed by atoms with van der Waals surface area (Å²) in [6, 6.07) is 6.81. The molecule has 0 saturated carbocycles. The van der Waals surface area contributed by atoms with E-state index in [1.54, 1.807) is 38.3 Å². The third kappa shape index (κ3) is 1.49. The molecule has 0 aliphatic carbocycles. The van der Waals surface area contributed by atoms with Gasteiger partial charge in [0.15, 0.2) is 5.54 Å². The van der Waals surface area contributed by atoms with Gasteiger partial charge in [-0.2, -0.15) is 10.2 Å². The molecule has 1 aromatic rings. The number of azo groups is 1. The van der Waals surface area contributed by atoms with Gasteiger partial charge < -0.3 is 4.74 Å². The molecule has 2 aliphatic rings. The standard InChI is InChI=1S/C13H13N3O3/c1-13-10(7-14-15-13)11(17)16(12(13)18)8-3-5-9(19-2)6-4-8/h3-6,10H,7H2,1-2H3. The number of benzene rings is 1. The van der Waals surface area contributed by atoms with Crippen LogP contribution in [-0.2, 0) is 9.59 Å². The van der Waals surface area contributed by atoms with Gasteiger partial charge in [-0.25, -0.2) is 4.90 Å². The summed E-state index contributed by atoms with van der Waals surface area (Å²) in [5.41, 5.74) is -0.488. The lowest BCUT2D eigenvalue weighted by Gasteiger charge is -2.17. The van der Waals surface area contributed by atoms with E-state index in [1.807, 2.05) is 0 Å². The quantitative estimate of drug-likeness (QED) is 0.754. The first-order chi connectivity index (χ1) is 9.08. The van der Waals surface area contributed by atoms with Crippen LogP contribution in [0.25, 0.3) is 0 Å². The van der Waals surface area contributed by atoms with Crippen molar-refractivity contribution in [3.63, 3.8) is 0 Å². The molecule has 6 nitrogen and oxygen atoms in total. The van der Waals surface area contributed by atoms with Crippen molar-refractivity contribution in [3.8, 4) is 5.75 Å². The normalized spacial score (nSPS) is 28.9. The molecule has 19 heavy (non-hydrogen) atoms. The molecule has 0 aromatic heterocycles. The second kappa shape index (κ2) is 3.88. The Morgan fingerprint density at radius 1 is 1.32 bits per heavy atom. The minimum atomic E-state index is -1.03. The van der Waals surface area contributed by atoms with Gasteiger partial charge in [-0.3, -0.25) is 9.59 Å². The zero-order valence-corrected chi connectivity index (χ0v) is 10.7. The van der Waals surface area contributed by atoms with E-state index in [2.05, 4.69) is 10.2 Å². The first kappa shape index (κ1) is 11.8. The molecule has 3 rings (SSSR count). The first-order valence-electron chi connectivity index (χ1n) is 5.99. The highest BCUT2D eigenvalue weighted by Gasteiger charge is 2.59. The Morgan fingerprint density at radius 2 is 2.00 bits per heavy atom. The van der Waals surface area contributed by atoms with Crippen molar-refractivity contribution in [2.45, 2.75) is 12.5 Å². The summed E-state index contributed by atoms with van der Waals surface area (Å²) in [6.45, 7) is 1.95. The third-order valence-corrected chi connectivity index (χ3v) is 3.71. The Hall–Kier alpha value is -2.24. The average molecular weight is 259 g/mol. The predicted molar refractivity (Wildman–Crippen MR) is 67.1 cm³/mol.